The highest BCUT2D eigenvalue weighted by Crippen LogP contribution is 2.28. The second-order valence-electron chi connectivity index (χ2n) is 16.1. The summed E-state index contributed by atoms with van der Waals surface area (Å²) in [6.07, 6.45) is 6.13. The minimum Gasteiger partial charge on any atom is -0.481 e. The van der Waals surface area contributed by atoms with Crippen molar-refractivity contribution in [2.75, 3.05) is 27.2 Å². The topological polar surface area (TPSA) is 158 Å². The highest BCUT2D eigenvalue weighted by molar-refractivity contribution is 7.09. The number of aliphatic carboxylic acids is 1. The number of carboxylic acid groups (broad SMARTS) is 1. The van der Waals surface area contributed by atoms with Crippen LogP contribution in [0, 0.1) is 30.6 Å². The number of nitrogens with zero attached hydrogens (tertiary/aromatic N) is 3. The number of benzene rings is 1. The second kappa shape index (κ2) is 24.8. The lowest BCUT2D eigenvalue weighted by atomic mass is 9.82. The predicted octanol–water partition coefficient (Wildman–Crippen LogP) is 8.09. The lowest BCUT2D eigenvalue weighted by molar-refractivity contribution is -0.144. The summed E-state index contributed by atoms with van der Waals surface area (Å²) >= 11 is 1.22. The molecule has 13 heteroatoms. The van der Waals surface area contributed by atoms with Crippen molar-refractivity contribution in [1.29, 1.82) is 0 Å². The Morgan fingerprint density at radius 1 is 1.02 bits per heavy atom. The van der Waals surface area contributed by atoms with E-state index in [0.29, 0.717) is 30.2 Å². The zero-order valence-electron chi connectivity index (χ0n) is 36.4. The Hall–Kier alpha value is -3.84. The number of piperidine rings is 1. The molecule has 1 aromatic carbocycles. The number of ether oxygens (including phenoxy) is 1. The number of ketones is 1. The molecule has 0 bridgehead atoms. The van der Waals surface area contributed by atoms with Gasteiger partial charge >= 0.3 is 12.1 Å². The number of carbonyl (C=O) groups excluding carboxylic acids is 4. The fraction of sp³-hybridized carbons (Fsp3) is 0.682. The molecule has 3 N–H and O–H groups in total. The lowest BCUT2D eigenvalue weighted by Crippen LogP contribution is -2.49. The molecule has 1 fully saturated rings. The Balaban J connectivity index is 0.000000396. The van der Waals surface area contributed by atoms with Crippen molar-refractivity contribution in [3.63, 3.8) is 0 Å². The fourth-order valence-electron chi connectivity index (χ4n) is 7.43. The maximum Gasteiger partial charge on any atom is 0.407 e. The largest absolute Gasteiger partial charge is 0.481 e. The number of aromatic nitrogens is 1. The lowest BCUT2D eigenvalue weighted by Gasteiger charge is -2.38. The first kappa shape index (κ1) is 49.3. The average molecular weight is 814 g/mol. The van der Waals surface area contributed by atoms with E-state index in [2.05, 4.69) is 74.0 Å². The van der Waals surface area contributed by atoms with E-state index in [0.717, 1.165) is 56.3 Å². The molecule has 1 saturated heterocycles. The highest BCUT2D eigenvalue weighted by Gasteiger charge is 2.36. The number of alkyl carbamates (subject to hydrolysis) is 1. The van der Waals surface area contributed by atoms with Crippen LogP contribution in [0.4, 0.5) is 4.79 Å². The quantitative estimate of drug-likeness (QED) is 0.120. The molecule has 320 valence electrons. The van der Waals surface area contributed by atoms with Crippen molar-refractivity contribution < 1.29 is 33.8 Å². The van der Waals surface area contributed by atoms with E-state index in [1.165, 1.54) is 24.8 Å². The maximum absolute atomic E-state index is 13.6. The number of likely N-dealkylation sites (tertiary alicyclic amines) is 1. The molecule has 12 nitrogen and oxygen atoms in total. The van der Waals surface area contributed by atoms with E-state index in [4.69, 9.17) is 4.74 Å². The number of aryl methyl sites for hydroxylation is 1. The zero-order chi connectivity index (χ0) is 42.8. The summed E-state index contributed by atoms with van der Waals surface area (Å²) in [6, 6.07) is 7.81. The number of carboxylic acids is 1. The predicted molar refractivity (Wildman–Crippen MR) is 227 cm³/mol. The monoisotopic (exact) mass is 814 g/mol. The second-order valence-corrected chi connectivity index (χ2v) is 17.0. The van der Waals surface area contributed by atoms with E-state index in [9.17, 15) is 29.1 Å². The van der Waals surface area contributed by atoms with Crippen LogP contribution in [0.25, 0.3) is 0 Å². The van der Waals surface area contributed by atoms with Gasteiger partial charge in [-0.1, -0.05) is 91.1 Å². The standard InChI is InChI=1S/C23H44N2O2.C21H27N3O5S/c1-8-14-25(20(10-3)17(4)5)23(27)19(18(6)9-2)16-22(26)21-13-11-12-15-24(21)7;1-12-5-7-15(8-6-12)10-16(9-13(2)20(26)27)23-18(25)17-11-30-19(24-17)14(3)29-21(28)22-4/h17-21H,8-16H2,1-7H3;5-8,11,13-14,16H,9-10H2,1-4H3,(H,22,28)(H,23,25)(H,26,27)/t18-,19+,20+,21-;13-,14+,16+/m00/s1. The Morgan fingerprint density at radius 3 is 2.23 bits per heavy atom. The molecule has 1 aliphatic rings. The van der Waals surface area contributed by atoms with E-state index in [1.54, 1.807) is 19.2 Å². The highest BCUT2D eigenvalue weighted by atomic mass is 32.1. The maximum atomic E-state index is 13.6. The summed E-state index contributed by atoms with van der Waals surface area (Å²) in [5, 5.41) is 16.6. The minimum absolute atomic E-state index is 0.00445. The number of likely N-dealkylation sites (N-methyl/N-ethyl adjacent to an activating group) is 1. The van der Waals surface area contributed by atoms with Crippen molar-refractivity contribution in [2.45, 2.75) is 144 Å². The van der Waals surface area contributed by atoms with Crippen molar-refractivity contribution in [3.05, 3.63) is 51.5 Å². The van der Waals surface area contributed by atoms with E-state index >= 15 is 0 Å². The van der Waals surface area contributed by atoms with Crippen molar-refractivity contribution >= 4 is 41.0 Å². The van der Waals surface area contributed by atoms with Crippen LogP contribution in [0.15, 0.2) is 29.6 Å². The number of hydrogen-bond acceptors (Lipinski definition) is 9. The van der Waals surface area contributed by atoms with Gasteiger partial charge in [0.25, 0.3) is 5.91 Å². The van der Waals surface area contributed by atoms with Crippen LogP contribution >= 0.6 is 11.3 Å². The number of nitrogens with one attached hydrogen (secondary N) is 2. The van der Waals surface area contributed by atoms with Gasteiger partial charge in [-0.15, -0.1) is 11.3 Å². The molecule has 0 spiro atoms. The van der Waals surface area contributed by atoms with Crippen LogP contribution in [-0.2, 0) is 25.5 Å². The molecule has 7 atom stereocenters. The molecule has 0 radical (unpaired) electrons. The molecule has 0 saturated carbocycles. The zero-order valence-corrected chi connectivity index (χ0v) is 37.2. The third kappa shape index (κ3) is 15.8. The average Bonchev–Trinajstić information content (AvgIpc) is 3.68. The molecule has 0 unspecified atom stereocenters. The van der Waals surface area contributed by atoms with E-state index in [1.807, 2.05) is 31.2 Å². The van der Waals surface area contributed by atoms with Gasteiger partial charge in [-0.05, 0) is 83.4 Å². The van der Waals surface area contributed by atoms with Gasteiger partial charge in [0.05, 0.1) is 12.0 Å². The van der Waals surface area contributed by atoms with Gasteiger partial charge in [0.15, 0.2) is 11.9 Å². The van der Waals surface area contributed by atoms with Gasteiger partial charge in [-0.3, -0.25) is 24.1 Å². The fourth-order valence-corrected chi connectivity index (χ4v) is 8.22. The minimum atomic E-state index is -0.908. The molecule has 3 rings (SSSR count). The number of thiazole rings is 1. The molecule has 0 aliphatic carbocycles. The van der Waals surface area contributed by atoms with Crippen molar-refractivity contribution in [2.24, 2.45) is 23.7 Å². The first-order valence-electron chi connectivity index (χ1n) is 20.9. The van der Waals surface area contributed by atoms with Crippen LogP contribution in [0.3, 0.4) is 0 Å². The summed E-state index contributed by atoms with van der Waals surface area (Å²) in [4.78, 5) is 70.6. The summed E-state index contributed by atoms with van der Waals surface area (Å²) in [5.41, 5.74) is 2.34. The number of hydrogen-bond donors (Lipinski definition) is 3. The number of Topliss-reactive ketones (excluding diaryl/α,β-unsaturated/α-hetero) is 1. The molecule has 1 aliphatic heterocycles. The molecule has 1 aromatic heterocycles. The first-order chi connectivity index (χ1) is 27.0. The summed E-state index contributed by atoms with van der Waals surface area (Å²) in [6.45, 7) is 20.0. The third-order valence-corrected chi connectivity index (χ3v) is 12.1. The third-order valence-electron chi connectivity index (χ3n) is 11.1. The Morgan fingerprint density at radius 2 is 1.68 bits per heavy atom. The number of amides is 3. The van der Waals surface area contributed by atoms with Gasteiger partial charge in [0.2, 0.25) is 5.91 Å². The summed E-state index contributed by atoms with van der Waals surface area (Å²) < 4.78 is 5.13. The van der Waals surface area contributed by atoms with Crippen LogP contribution < -0.4 is 10.6 Å². The van der Waals surface area contributed by atoms with Crippen LogP contribution in [0.1, 0.15) is 139 Å². The Kier molecular flexibility index (Phi) is 21.5. The van der Waals surface area contributed by atoms with E-state index in [-0.39, 0.29) is 53.3 Å². The van der Waals surface area contributed by atoms with Gasteiger partial charge in [0.1, 0.15) is 10.7 Å². The van der Waals surface area contributed by atoms with Gasteiger partial charge < -0.3 is 25.4 Å². The summed E-state index contributed by atoms with van der Waals surface area (Å²) in [5.74, 6) is -0.940. The molecular weight excluding hydrogens is 743 g/mol. The smallest absolute Gasteiger partial charge is 0.407 e. The number of rotatable bonds is 20. The first-order valence-corrected chi connectivity index (χ1v) is 21.8. The van der Waals surface area contributed by atoms with Crippen LogP contribution in [-0.4, -0.2) is 94.9 Å². The number of carbonyl (C=O) groups is 5. The van der Waals surface area contributed by atoms with E-state index < -0.39 is 24.1 Å². The van der Waals surface area contributed by atoms with Gasteiger partial charge in [-0.25, -0.2) is 9.78 Å². The summed E-state index contributed by atoms with van der Waals surface area (Å²) in [7, 11) is 3.51. The normalized spacial score (nSPS) is 17.5. The molecule has 3 amide bonds. The van der Waals surface area contributed by atoms with Crippen molar-refractivity contribution in [1.82, 2.24) is 25.4 Å². The van der Waals surface area contributed by atoms with Gasteiger partial charge in [0, 0.05) is 43.4 Å². The van der Waals surface area contributed by atoms with Crippen LogP contribution in [0.5, 0.6) is 0 Å². The Bertz CT molecular complexity index is 1560. The Labute approximate surface area is 345 Å². The van der Waals surface area contributed by atoms with Crippen LogP contribution in [0.2, 0.25) is 0 Å². The van der Waals surface area contributed by atoms with Gasteiger partial charge in [-0.2, -0.15) is 0 Å². The molecule has 2 heterocycles. The molecule has 57 heavy (non-hydrogen) atoms. The SMILES string of the molecule is CCCN(C(=O)[C@H](CC(=O)[C@@H]1CCCCN1C)[C@@H](C)CC)[C@H](CC)C(C)C.CNC(=O)O[C@H](C)c1nc(C(=O)N[C@@H](Cc2ccc(C)cc2)C[C@H](C)C(=O)O)cs1. The molecule has 2 aromatic rings. The molecular formula is C44H71N5O7S. The van der Waals surface area contributed by atoms with Crippen molar-refractivity contribution in [3.8, 4) is 0 Å².